The molecule has 2 aromatic rings. The molecule has 1 N–H and O–H groups in total. The summed E-state index contributed by atoms with van der Waals surface area (Å²) in [5.74, 6) is -0.133. The van der Waals surface area contributed by atoms with Gasteiger partial charge in [-0.3, -0.25) is 4.79 Å². The standard InChI is InChI=1S/C11H9ClN2O3S/c12-8-4-2-1-3-7(8)10-13-14-11(17-10)18-6-5-9(15)16/h1-4H,5-6H2,(H,15,16). The van der Waals surface area contributed by atoms with Gasteiger partial charge in [-0.15, -0.1) is 10.2 Å². The van der Waals surface area contributed by atoms with Crippen LogP contribution < -0.4 is 0 Å². The Labute approximate surface area is 112 Å². The Morgan fingerprint density at radius 1 is 1.39 bits per heavy atom. The highest BCUT2D eigenvalue weighted by atomic mass is 35.5. The van der Waals surface area contributed by atoms with E-state index in [1.165, 1.54) is 11.8 Å². The maximum absolute atomic E-state index is 10.4. The van der Waals surface area contributed by atoms with Crippen LogP contribution in [0.25, 0.3) is 11.5 Å². The van der Waals surface area contributed by atoms with E-state index in [1.807, 2.05) is 12.1 Å². The van der Waals surface area contributed by atoms with Crippen molar-refractivity contribution in [3.63, 3.8) is 0 Å². The first-order valence-corrected chi connectivity index (χ1v) is 6.46. The Morgan fingerprint density at radius 3 is 2.89 bits per heavy atom. The largest absolute Gasteiger partial charge is 0.481 e. The van der Waals surface area contributed by atoms with Crippen LogP contribution in [0.4, 0.5) is 0 Å². The van der Waals surface area contributed by atoms with E-state index in [1.54, 1.807) is 12.1 Å². The van der Waals surface area contributed by atoms with Gasteiger partial charge in [0.2, 0.25) is 5.89 Å². The molecule has 2 rings (SSSR count). The highest BCUT2D eigenvalue weighted by Crippen LogP contribution is 2.28. The quantitative estimate of drug-likeness (QED) is 0.851. The van der Waals surface area contributed by atoms with Crippen molar-refractivity contribution in [2.45, 2.75) is 11.6 Å². The first kappa shape index (κ1) is 12.9. The zero-order valence-corrected chi connectivity index (χ0v) is 10.7. The number of carbonyl (C=O) groups is 1. The van der Waals surface area contributed by atoms with Gasteiger partial charge in [-0.05, 0) is 12.1 Å². The van der Waals surface area contributed by atoms with Crippen molar-refractivity contribution >= 4 is 29.3 Å². The number of rotatable bonds is 5. The van der Waals surface area contributed by atoms with Crippen molar-refractivity contribution in [2.75, 3.05) is 5.75 Å². The second-order valence-corrected chi connectivity index (χ2v) is 4.80. The molecule has 0 radical (unpaired) electrons. The fourth-order valence-electron chi connectivity index (χ4n) is 1.24. The van der Waals surface area contributed by atoms with Crippen LogP contribution in [0.2, 0.25) is 5.02 Å². The molecule has 5 nitrogen and oxygen atoms in total. The van der Waals surface area contributed by atoms with E-state index in [-0.39, 0.29) is 6.42 Å². The van der Waals surface area contributed by atoms with Gasteiger partial charge in [-0.25, -0.2) is 0 Å². The predicted octanol–water partition coefficient (Wildman–Crippen LogP) is 2.96. The third-order valence-corrected chi connectivity index (χ3v) is 3.20. The molecule has 0 aliphatic rings. The van der Waals surface area contributed by atoms with Crippen molar-refractivity contribution < 1.29 is 14.3 Å². The average Bonchev–Trinajstić information content (AvgIpc) is 2.78. The fraction of sp³-hybridized carbons (Fsp3) is 0.182. The number of hydrogen-bond acceptors (Lipinski definition) is 5. The van der Waals surface area contributed by atoms with Crippen LogP contribution in [0.3, 0.4) is 0 Å². The molecule has 0 aliphatic carbocycles. The van der Waals surface area contributed by atoms with E-state index in [0.29, 0.717) is 27.5 Å². The summed E-state index contributed by atoms with van der Waals surface area (Å²) in [5.41, 5.74) is 0.664. The molecular weight excluding hydrogens is 276 g/mol. The Morgan fingerprint density at radius 2 is 2.17 bits per heavy atom. The van der Waals surface area contributed by atoms with E-state index in [0.717, 1.165) is 0 Å². The lowest BCUT2D eigenvalue weighted by Gasteiger charge is -1.96. The third kappa shape index (κ3) is 3.24. The van der Waals surface area contributed by atoms with Crippen molar-refractivity contribution in [1.29, 1.82) is 0 Å². The molecule has 0 saturated carbocycles. The molecule has 0 bridgehead atoms. The topological polar surface area (TPSA) is 76.2 Å². The van der Waals surface area contributed by atoms with Crippen LogP contribution >= 0.6 is 23.4 Å². The predicted molar refractivity (Wildman–Crippen MR) is 67.7 cm³/mol. The minimum absolute atomic E-state index is 0.0501. The van der Waals surface area contributed by atoms with Gasteiger partial charge in [0, 0.05) is 5.75 Å². The van der Waals surface area contributed by atoms with Crippen molar-refractivity contribution in [3.8, 4) is 11.5 Å². The molecule has 0 fully saturated rings. The third-order valence-electron chi connectivity index (χ3n) is 2.05. The van der Waals surface area contributed by atoms with E-state index in [4.69, 9.17) is 21.1 Å². The van der Waals surface area contributed by atoms with E-state index < -0.39 is 5.97 Å². The lowest BCUT2D eigenvalue weighted by atomic mass is 10.2. The van der Waals surface area contributed by atoms with E-state index in [9.17, 15) is 4.79 Å². The Kier molecular flexibility index (Phi) is 4.22. The SMILES string of the molecule is O=C(O)CCSc1nnc(-c2ccccc2Cl)o1. The number of thioether (sulfide) groups is 1. The molecule has 0 saturated heterocycles. The Balaban J connectivity index is 2.06. The number of halogens is 1. The fourth-order valence-corrected chi connectivity index (χ4v) is 2.14. The van der Waals surface area contributed by atoms with Crippen molar-refractivity contribution in [3.05, 3.63) is 29.3 Å². The summed E-state index contributed by atoms with van der Waals surface area (Å²) >= 11 is 7.21. The van der Waals surface area contributed by atoms with Gasteiger partial charge in [0.1, 0.15) is 0 Å². The maximum atomic E-state index is 10.4. The number of aliphatic carboxylic acids is 1. The van der Waals surface area contributed by atoms with Crippen LogP contribution in [-0.2, 0) is 4.79 Å². The Bertz CT molecular complexity index is 559. The highest BCUT2D eigenvalue weighted by molar-refractivity contribution is 7.99. The average molecular weight is 285 g/mol. The second-order valence-electron chi connectivity index (χ2n) is 3.35. The first-order chi connectivity index (χ1) is 8.66. The van der Waals surface area contributed by atoms with Crippen LogP contribution in [0.15, 0.2) is 33.9 Å². The molecule has 1 aromatic heterocycles. The van der Waals surface area contributed by atoms with Crippen LogP contribution in [-0.4, -0.2) is 27.0 Å². The van der Waals surface area contributed by atoms with Crippen molar-refractivity contribution in [2.24, 2.45) is 0 Å². The molecule has 18 heavy (non-hydrogen) atoms. The lowest BCUT2D eigenvalue weighted by molar-refractivity contribution is -0.136. The summed E-state index contributed by atoms with van der Waals surface area (Å²) in [4.78, 5) is 10.4. The molecule has 0 atom stereocenters. The molecule has 94 valence electrons. The van der Waals surface area contributed by atoms with Crippen molar-refractivity contribution in [1.82, 2.24) is 10.2 Å². The molecule has 0 aliphatic heterocycles. The van der Waals surface area contributed by atoms with Crippen LogP contribution in [0.1, 0.15) is 6.42 Å². The molecule has 0 unspecified atom stereocenters. The number of aromatic nitrogens is 2. The molecule has 0 amide bonds. The summed E-state index contributed by atoms with van der Waals surface area (Å²) in [6.07, 6.45) is 0.0501. The molecular formula is C11H9ClN2O3S. The van der Waals surface area contributed by atoms with Crippen LogP contribution in [0, 0.1) is 0 Å². The number of hydrogen-bond donors (Lipinski definition) is 1. The minimum atomic E-state index is -0.853. The van der Waals surface area contributed by atoms with Gasteiger partial charge in [-0.2, -0.15) is 0 Å². The Hall–Kier alpha value is -1.53. The van der Waals surface area contributed by atoms with Gasteiger partial charge >= 0.3 is 5.97 Å². The molecule has 7 heteroatoms. The summed E-state index contributed by atoms with van der Waals surface area (Å²) in [6, 6.07) is 7.15. The summed E-state index contributed by atoms with van der Waals surface area (Å²) in [5, 5.41) is 17.1. The van der Waals surface area contributed by atoms with Gasteiger partial charge in [0.15, 0.2) is 0 Å². The van der Waals surface area contributed by atoms with E-state index in [2.05, 4.69) is 10.2 Å². The van der Waals surface area contributed by atoms with Gasteiger partial charge < -0.3 is 9.52 Å². The van der Waals surface area contributed by atoms with Gasteiger partial charge in [-0.1, -0.05) is 35.5 Å². The summed E-state index contributed by atoms with van der Waals surface area (Å²) in [7, 11) is 0. The normalized spacial score (nSPS) is 10.5. The first-order valence-electron chi connectivity index (χ1n) is 5.10. The number of nitrogens with zero attached hydrogens (tertiary/aromatic N) is 2. The molecule has 1 heterocycles. The zero-order valence-electron chi connectivity index (χ0n) is 9.17. The zero-order chi connectivity index (χ0) is 13.0. The smallest absolute Gasteiger partial charge is 0.304 e. The van der Waals surface area contributed by atoms with E-state index >= 15 is 0 Å². The van der Waals surface area contributed by atoms with Gasteiger partial charge in [0.05, 0.1) is 17.0 Å². The summed E-state index contributed by atoms with van der Waals surface area (Å²) < 4.78 is 5.40. The number of carboxylic acids is 1. The lowest BCUT2D eigenvalue weighted by Crippen LogP contribution is -1.95. The monoisotopic (exact) mass is 284 g/mol. The van der Waals surface area contributed by atoms with Crippen LogP contribution in [0.5, 0.6) is 0 Å². The maximum Gasteiger partial charge on any atom is 0.304 e. The second kappa shape index (κ2) is 5.88. The molecule has 1 aromatic carbocycles. The van der Waals surface area contributed by atoms with Gasteiger partial charge in [0.25, 0.3) is 5.22 Å². The number of carboxylic acid groups (broad SMARTS) is 1. The highest BCUT2D eigenvalue weighted by Gasteiger charge is 2.11. The molecule has 0 spiro atoms. The minimum Gasteiger partial charge on any atom is -0.481 e. The number of benzene rings is 1. The summed E-state index contributed by atoms with van der Waals surface area (Å²) in [6.45, 7) is 0.